The van der Waals surface area contributed by atoms with E-state index in [0.717, 1.165) is 23.0 Å². The van der Waals surface area contributed by atoms with Gasteiger partial charge in [0.25, 0.3) is 0 Å². The quantitative estimate of drug-likeness (QED) is 0.385. The van der Waals surface area contributed by atoms with Gasteiger partial charge in [0.1, 0.15) is 11.6 Å². The van der Waals surface area contributed by atoms with Crippen molar-refractivity contribution in [1.82, 2.24) is 0 Å². The minimum absolute atomic E-state index is 0.110. The summed E-state index contributed by atoms with van der Waals surface area (Å²) < 4.78 is 0. The van der Waals surface area contributed by atoms with Crippen molar-refractivity contribution in [1.29, 1.82) is 0 Å². The molecule has 0 saturated heterocycles. The lowest BCUT2D eigenvalue weighted by atomic mass is 9.87. The van der Waals surface area contributed by atoms with E-state index in [1.165, 1.54) is 12.8 Å². The Bertz CT molecular complexity index is 650. The number of rotatable bonds is 9. The van der Waals surface area contributed by atoms with E-state index in [1.54, 1.807) is 26.0 Å². The molecular formula is C28H44O2. The van der Waals surface area contributed by atoms with Gasteiger partial charge in [0.2, 0.25) is 0 Å². The van der Waals surface area contributed by atoms with Crippen LogP contribution in [-0.2, 0) is 9.59 Å². The zero-order chi connectivity index (χ0) is 23.7. The molecule has 0 fully saturated rings. The van der Waals surface area contributed by atoms with E-state index in [9.17, 15) is 9.59 Å². The maximum atomic E-state index is 11.7. The maximum absolute atomic E-state index is 11.7. The van der Waals surface area contributed by atoms with E-state index < -0.39 is 0 Å². The van der Waals surface area contributed by atoms with E-state index in [2.05, 4.69) is 40.9 Å². The molecule has 0 aliphatic heterocycles. The fourth-order valence-electron chi connectivity index (χ4n) is 2.51. The van der Waals surface area contributed by atoms with Gasteiger partial charge in [0.05, 0.1) is 5.92 Å². The minimum Gasteiger partial charge on any atom is -0.300 e. The number of benzene rings is 1. The summed E-state index contributed by atoms with van der Waals surface area (Å²) in [5.74, 6) is 2.13. The SMILES string of the molecule is C=C/C=C(\C=C)C(C(C)=O)c1ccccc1.CC(=O)C(C)C.CCCC(C)C(C)C. The van der Waals surface area contributed by atoms with Crippen molar-refractivity contribution in [3.05, 3.63) is 72.9 Å². The van der Waals surface area contributed by atoms with Gasteiger partial charge in [0, 0.05) is 5.92 Å². The normalized spacial score (nSPS) is 12.7. The molecular weight excluding hydrogens is 368 g/mol. The van der Waals surface area contributed by atoms with Gasteiger partial charge >= 0.3 is 0 Å². The lowest BCUT2D eigenvalue weighted by Crippen LogP contribution is -2.10. The van der Waals surface area contributed by atoms with Crippen molar-refractivity contribution >= 4 is 11.6 Å². The van der Waals surface area contributed by atoms with Crippen LogP contribution in [0.1, 0.15) is 79.7 Å². The lowest BCUT2D eigenvalue weighted by Gasteiger charge is -2.15. The third-order valence-corrected chi connectivity index (χ3v) is 5.11. The highest BCUT2D eigenvalue weighted by molar-refractivity contribution is 5.87. The van der Waals surface area contributed by atoms with Crippen molar-refractivity contribution in [2.75, 3.05) is 0 Å². The number of hydrogen-bond acceptors (Lipinski definition) is 2. The Balaban J connectivity index is 0. The van der Waals surface area contributed by atoms with E-state index in [1.807, 2.05) is 50.3 Å². The van der Waals surface area contributed by atoms with Crippen LogP contribution in [-0.4, -0.2) is 11.6 Å². The summed E-state index contributed by atoms with van der Waals surface area (Å²) in [6.45, 7) is 23.5. The van der Waals surface area contributed by atoms with Crippen LogP contribution in [0, 0.1) is 17.8 Å². The summed E-state index contributed by atoms with van der Waals surface area (Å²) in [5.41, 5.74) is 1.87. The van der Waals surface area contributed by atoms with E-state index >= 15 is 0 Å². The Morgan fingerprint density at radius 2 is 1.43 bits per heavy atom. The van der Waals surface area contributed by atoms with E-state index in [-0.39, 0.29) is 23.4 Å². The second kappa shape index (κ2) is 17.6. The van der Waals surface area contributed by atoms with Gasteiger partial charge in [-0.2, -0.15) is 0 Å². The third kappa shape index (κ3) is 13.9. The van der Waals surface area contributed by atoms with Crippen LogP contribution in [0.25, 0.3) is 0 Å². The van der Waals surface area contributed by atoms with Crippen molar-refractivity contribution in [2.45, 2.75) is 74.1 Å². The van der Waals surface area contributed by atoms with Gasteiger partial charge in [-0.25, -0.2) is 0 Å². The molecule has 1 aromatic carbocycles. The highest BCUT2D eigenvalue weighted by Gasteiger charge is 2.18. The molecule has 1 rings (SSSR count). The average molecular weight is 413 g/mol. The molecule has 2 heteroatoms. The molecule has 0 aliphatic rings. The Morgan fingerprint density at radius 1 is 0.933 bits per heavy atom. The third-order valence-electron chi connectivity index (χ3n) is 5.11. The molecule has 0 saturated carbocycles. The molecule has 1 aromatic rings. The second-order valence-electron chi connectivity index (χ2n) is 8.34. The monoisotopic (exact) mass is 412 g/mol. The molecule has 0 amide bonds. The number of Topliss-reactive ketones (excluding diaryl/α,β-unsaturated/α-hetero) is 2. The first-order valence-electron chi connectivity index (χ1n) is 11.0. The van der Waals surface area contributed by atoms with Crippen molar-refractivity contribution < 1.29 is 9.59 Å². The van der Waals surface area contributed by atoms with Gasteiger partial charge in [-0.05, 0) is 36.8 Å². The summed E-state index contributed by atoms with van der Waals surface area (Å²) in [7, 11) is 0. The molecule has 2 nitrogen and oxygen atoms in total. The molecule has 0 heterocycles. The van der Waals surface area contributed by atoms with Crippen LogP contribution in [0.3, 0.4) is 0 Å². The molecule has 2 atom stereocenters. The van der Waals surface area contributed by atoms with Crippen LogP contribution >= 0.6 is 0 Å². The topological polar surface area (TPSA) is 34.1 Å². The van der Waals surface area contributed by atoms with Crippen LogP contribution in [0.15, 0.2) is 67.3 Å². The van der Waals surface area contributed by atoms with Crippen molar-refractivity contribution in [3.63, 3.8) is 0 Å². The number of carbonyl (C=O) groups is 2. The smallest absolute Gasteiger partial charge is 0.141 e. The van der Waals surface area contributed by atoms with E-state index in [0.29, 0.717) is 0 Å². The minimum atomic E-state index is -0.239. The molecule has 30 heavy (non-hydrogen) atoms. The van der Waals surface area contributed by atoms with E-state index in [4.69, 9.17) is 0 Å². The molecule has 0 aromatic heterocycles. The number of carbonyl (C=O) groups excluding carboxylic acids is 2. The highest BCUT2D eigenvalue weighted by atomic mass is 16.1. The Labute approximate surface area is 186 Å². The predicted molar refractivity (Wildman–Crippen MR) is 133 cm³/mol. The summed E-state index contributed by atoms with van der Waals surface area (Å²) in [6.07, 6.45) is 7.93. The summed E-state index contributed by atoms with van der Waals surface area (Å²) >= 11 is 0. The summed E-state index contributed by atoms with van der Waals surface area (Å²) in [6, 6.07) is 9.70. The van der Waals surface area contributed by atoms with Gasteiger partial charge in [0.15, 0.2) is 0 Å². The Morgan fingerprint density at radius 3 is 1.70 bits per heavy atom. The molecule has 0 spiro atoms. The maximum Gasteiger partial charge on any atom is 0.141 e. The molecule has 0 radical (unpaired) electrons. The first kappa shape index (κ1) is 30.0. The van der Waals surface area contributed by atoms with Gasteiger partial charge in [-0.1, -0.05) is 116 Å². The van der Waals surface area contributed by atoms with Gasteiger partial charge < -0.3 is 0 Å². The lowest BCUT2D eigenvalue weighted by molar-refractivity contribution is -0.120. The first-order valence-corrected chi connectivity index (χ1v) is 11.0. The molecule has 0 N–H and O–H groups in total. The molecule has 0 bridgehead atoms. The van der Waals surface area contributed by atoms with Crippen molar-refractivity contribution in [2.24, 2.45) is 17.8 Å². The van der Waals surface area contributed by atoms with Crippen molar-refractivity contribution in [3.8, 4) is 0 Å². The first-order chi connectivity index (χ1) is 14.0. The number of hydrogen-bond donors (Lipinski definition) is 0. The second-order valence-corrected chi connectivity index (χ2v) is 8.34. The van der Waals surface area contributed by atoms with Crippen LogP contribution in [0.2, 0.25) is 0 Å². The van der Waals surface area contributed by atoms with Crippen LogP contribution < -0.4 is 0 Å². The fraction of sp³-hybridized carbons (Fsp3) is 0.500. The zero-order valence-electron chi connectivity index (χ0n) is 20.6. The zero-order valence-corrected chi connectivity index (χ0v) is 20.6. The summed E-state index contributed by atoms with van der Waals surface area (Å²) in [5, 5.41) is 0. The molecule has 168 valence electrons. The molecule has 0 aliphatic carbocycles. The predicted octanol–water partition coefficient (Wildman–Crippen LogP) is 7.97. The standard InChI is InChI=1S/C15H16O.C8H18.C5H10O/c1-4-9-13(5-2)15(12(3)16)14-10-7-6-8-11-14;1-5-6-8(4)7(2)3;1-4(2)5(3)6/h4-11,15H,1-2H2,3H3;7-8H,5-6H2,1-4H3;4H,1-3H3/b13-9+;;. The number of ketones is 2. The van der Waals surface area contributed by atoms with Crippen LogP contribution in [0.5, 0.6) is 0 Å². The Hall–Kier alpha value is -2.22. The van der Waals surface area contributed by atoms with Gasteiger partial charge in [-0.15, -0.1) is 0 Å². The highest BCUT2D eigenvalue weighted by Crippen LogP contribution is 2.26. The Kier molecular flexibility index (Phi) is 17.6. The largest absolute Gasteiger partial charge is 0.300 e. The molecule has 2 unspecified atom stereocenters. The number of allylic oxidation sites excluding steroid dienone is 4. The van der Waals surface area contributed by atoms with Gasteiger partial charge in [-0.3, -0.25) is 9.59 Å². The summed E-state index contributed by atoms with van der Waals surface area (Å²) in [4.78, 5) is 21.8. The van der Waals surface area contributed by atoms with Crippen LogP contribution in [0.4, 0.5) is 0 Å². The fourth-order valence-corrected chi connectivity index (χ4v) is 2.51. The average Bonchev–Trinajstić information content (AvgIpc) is 2.69.